The van der Waals surface area contributed by atoms with Crippen LogP contribution in [0.4, 0.5) is 0 Å². The maximum absolute atomic E-state index is 10.7. The lowest BCUT2D eigenvalue weighted by Crippen LogP contribution is -2.06. The number of terminal acetylenes is 1. The summed E-state index contributed by atoms with van der Waals surface area (Å²) in [5, 5.41) is 0. The van der Waals surface area contributed by atoms with Crippen LogP contribution in [0.1, 0.15) is 25.2 Å². The van der Waals surface area contributed by atoms with Crippen molar-refractivity contribution in [3.63, 3.8) is 0 Å². The van der Waals surface area contributed by atoms with Gasteiger partial charge < -0.3 is 9.15 Å². The van der Waals surface area contributed by atoms with E-state index in [-0.39, 0.29) is 5.97 Å². The number of furan rings is 1. The summed E-state index contributed by atoms with van der Waals surface area (Å²) in [5.74, 6) is 2.64. The fourth-order valence-corrected chi connectivity index (χ4v) is 0.982. The Bertz CT molecular complexity index is 305. The highest BCUT2D eigenvalue weighted by Crippen LogP contribution is 2.20. The number of rotatable bonds is 3. The van der Waals surface area contributed by atoms with Gasteiger partial charge in [-0.1, -0.05) is 0 Å². The summed E-state index contributed by atoms with van der Waals surface area (Å²) >= 11 is 0. The summed E-state index contributed by atoms with van der Waals surface area (Å²) in [4.78, 5) is 10.7. The van der Waals surface area contributed by atoms with Crippen LogP contribution in [0.5, 0.6) is 0 Å². The van der Waals surface area contributed by atoms with Crippen molar-refractivity contribution in [2.24, 2.45) is 0 Å². The van der Waals surface area contributed by atoms with E-state index in [0.29, 0.717) is 12.2 Å². The molecule has 13 heavy (non-hydrogen) atoms. The lowest BCUT2D eigenvalue weighted by Gasteiger charge is -2.10. The smallest absolute Gasteiger partial charge is 0.303 e. The number of carbonyl (C=O) groups is 1. The zero-order valence-corrected chi connectivity index (χ0v) is 7.32. The molecule has 0 fully saturated rings. The van der Waals surface area contributed by atoms with Gasteiger partial charge in [0.05, 0.1) is 12.7 Å². The quantitative estimate of drug-likeness (QED) is 0.524. The van der Waals surface area contributed by atoms with Crippen LogP contribution in [0.15, 0.2) is 22.8 Å². The maximum atomic E-state index is 10.7. The zero-order chi connectivity index (χ0) is 9.68. The van der Waals surface area contributed by atoms with Gasteiger partial charge in [-0.05, 0) is 12.1 Å². The Hall–Kier alpha value is -1.69. The monoisotopic (exact) mass is 178 g/mol. The lowest BCUT2D eigenvalue weighted by atomic mass is 10.2. The second-order valence-corrected chi connectivity index (χ2v) is 2.52. The Labute approximate surface area is 76.7 Å². The number of esters is 1. The summed E-state index contributed by atoms with van der Waals surface area (Å²) in [6.45, 7) is 1.34. The minimum atomic E-state index is -0.461. The summed E-state index contributed by atoms with van der Waals surface area (Å²) in [6.07, 6.45) is 6.51. The normalized spacial score (nSPS) is 11.7. The minimum Gasteiger partial charge on any atom is -0.465 e. The molecule has 0 saturated carbocycles. The fraction of sp³-hybridized carbons (Fsp3) is 0.300. The van der Waals surface area contributed by atoms with Crippen LogP contribution in [0.3, 0.4) is 0 Å². The molecule has 1 aromatic rings. The predicted octanol–water partition coefficient (Wildman–Crippen LogP) is 1.91. The molecule has 0 aliphatic rings. The molecular formula is C10H10O3. The second kappa shape index (κ2) is 4.36. The van der Waals surface area contributed by atoms with Crippen molar-refractivity contribution in [2.45, 2.75) is 19.4 Å². The van der Waals surface area contributed by atoms with Crippen LogP contribution in [0.25, 0.3) is 0 Å². The van der Waals surface area contributed by atoms with E-state index in [0.717, 1.165) is 0 Å². The molecule has 0 unspecified atom stereocenters. The van der Waals surface area contributed by atoms with E-state index in [2.05, 4.69) is 5.92 Å². The first kappa shape index (κ1) is 9.40. The third-order valence-electron chi connectivity index (χ3n) is 1.47. The van der Waals surface area contributed by atoms with Gasteiger partial charge in [-0.25, -0.2) is 0 Å². The maximum Gasteiger partial charge on any atom is 0.303 e. The molecule has 0 aliphatic carbocycles. The van der Waals surface area contributed by atoms with E-state index in [1.54, 1.807) is 12.1 Å². The molecule has 3 nitrogen and oxygen atoms in total. The number of ether oxygens (including phenoxy) is 1. The van der Waals surface area contributed by atoms with Crippen molar-refractivity contribution in [1.82, 2.24) is 0 Å². The van der Waals surface area contributed by atoms with Gasteiger partial charge in [0.15, 0.2) is 6.10 Å². The van der Waals surface area contributed by atoms with Crippen LogP contribution < -0.4 is 0 Å². The molecule has 0 bridgehead atoms. The molecule has 1 heterocycles. The summed E-state index contributed by atoms with van der Waals surface area (Å²) in [5.41, 5.74) is 0. The fourth-order valence-electron chi connectivity index (χ4n) is 0.982. The van der Waals surface area contributed by atoms with E-state index in [1.807, 2.05) is 0 Å². The van der Waals surface area contributed by atoms with Crippen LogP contribution >= 0.6 is 0 Å². The molecule has 0 radical (unpaired) electrons. The Morgan fingerprint density at radius 3 is 3.08 bits per heavy atom. The van der Waals surface area contributed by atoms with Gasteiger partial charge in [-0.15, -0.1) is 12.3 Å². The Kier molecular flexibility index (Phi) is 3.15. The predicted molar refractivity (Wildman–Crippen MR) is 46.7 cm³/mol. The largest absolute Gasteiger partial charge is 0.465 e. The van der Waals surface area contributed by atoms with Crippen LogP contribution in [0.2, 0.25) is 0 Å². The van der Waals surface area contributed by atoms with Gasteiger partial charge in [-0.3, -0.25) is 4.79 Å². The zero-order valence-electron chi connectivity index (χ0n) is 7.32. The first-order valence-electron chi connectivity index (χ1n) is 3.88. The van der Waals surface area contributed by atoms with Crippen molar-refractivity contribution in [2.75, 3.05) is 0 Å². The molecule has 1 atom stereocenters. The van der Waals surface area contributed by atoms with E-state index < -0.39 is 6.10 Å². The third-order valence-corrected chi connectivity index (χ3v) is 1.47. The van der Waals surface area contributed by atoms with E-state index in [4.69, 9.17) is 15.6 Å². The van der Waals surface area contributed by atoms with Gasteiger partial charge >= 0.3 is 5.97 Å². The van der Waals surface area contributed by atoms with Crippen LogP contribution in [-0.4, -0.2) is 5.97 Å². The summed E-state index contributed by atoms with van der Waals surface area (Å²) in [6, 6.07) is 3.45. The molecule has 1 aromatic heterocycles. The average molecular weight is 178 g/mol. The molecule has 0 spiro atoms. The number of hydrogen-bond acceptors (Lipinski definition) is 3. The Balaban J connectivity index is 2.69. The first-order valence-corrected chi connectivity index (χ1v) is 3.88. The number of carbonyl (C=O) groups excluding carboxylic acids is 1. The van der Waals surface area contributed by atoms with Crippen LogP contribution in [-0.2, 0) is 9.53 Å². The molecule has 3 heteroatoms. The highest BCUT2D eigenvalue weighted by atomic mass is 16.5. The van der Waals surface area contributed by atoms with Gasteiger partial charge in [-0.2, -0.15) is 0 Å². The van der Waals surface area contributed by atoms with Crippen molar-refractivity contribution < 1.29 is 13.9 Å². The van der Waals surface area contributed by atoms with Crippen molar-refractivity contribution >= 4 is 5.97 Å². The average Bonchev–Trinajstić information content (AvgIpc) is 2.54. The van der Waals surface area contributed by atoms with E-state index in [1.165, 1.54) is 13.2 Å². The first-order chi connectivity index (χ1) is 6.24. The van der Waals surface area contributed by atoms with E-state index >= 15 is 0 Å². The topological polar surface area (TPSA) is 39.4 Å². The summed E-state index contributed by atoms with van der Waals surface area (Å²) < 4.78 is 10.0. The molecule has 1 rings (SSSR count). The summed E-state index contributed by atoms with van der Waals surface area (Å²) in [7, 11) is 0. The van der Waals surface area contributed by atoms with Crippen molar-refractivity contribution in [1.29, 1.82) is 0 Å². The highest BCUT2D eigenvalue weighted by molar-refractivity contribution is 5.66. The Morgan fingerprint density at radius 2 is 2.62 bits per heavy atom. The molecule has 68 valence electrons. The molecule has 0 N–H and O–H groups in total. The van der Waals surface area contributed by atoms with Crippen LogP contribution in [0, 0.1) is 12.3 Å². The second-order valence-electron chi connectivity index (χ2n) is 2.52. The molecule has 0 aromatic carbocycles. The molecule has 0 saturated heterocycles. The minimum absolute atomic E-state index is 0.326. The van der Waals surface area contributed by atoms with E-state index in [9.17, 15) is 4.79 Å². The van der Waals surface area contributed by atoms with Gasteiger partial charge in [0, 0.05) is 6.92 Å². The van der Waals surface area contributed by atoms with Gasteiger partial charge in [0.25, 0.3) is 0 Å². The van der Waals surface area contributed by atoms with Crippen molar-refractivity contribution in [3.05, 3.63) is 24.2 Å². The van der Waals surface area contributed by atoms with Crippen molar-refractivity contribution in [3.8, 4) is 12.3 Å². The SMILES string of the molecule is C#CC[C@@H](OC(C)=O)c1ccco1. The standard InChI is InChI=1S/C10H10O3/c1-3-5-10(13-8(2)11)9-6-4-7-12-9/h1,4,6-7,10H,5H2,2H3/t10-/m1/s1. The Morgan fingerprint density at radius 1 is 1.85 bits per heavy atom. The molecule has 0 aliphatic heterocycles. The lowest BCUT2D eigenvalue weighted by molar-refractivity contribution is -0.147. The van der Waals surface area contributed by atoms with Gasteiger partial charge in [0.1, 0.15) is 5.76 Å². The molecule has 0 amide bonds. The van der Waals surface area contributed by atoms with Gasteiger partial charge in [0.2, 0.25) is 0 Å². The number of hydrogen-bond donors (Lipinski definition) is 0. The highest BCUT2D eigenvalue weighted by Gasteiger charge is 2.15. The molecular weight excluding hydrogens is 168 g/mol. The third kappa shape index (κ3) is 2.68.